The van der Waals surface area contributed by atoms with Crippen LogP contribution in [0.2, 0.25) is 5.02 Å². The summed E-state index contributed by atoms with van der Waals surface area (Å²) in [6.45, 7) is 4.89. The Labute approximate surface area is 165 Å². The number of halogens is 1. The molecule has 1 heterocycles. The van der Waals surface area contributed by atoms with Gasteiger partial charge in [-0.05, 0) is 23.3 Å². The van der Waals surface area contributed by atoms with E-state index >= 15 is 0 Å². The maximum atomic E-state index is 10.4. The first-order valence-corrected chi connectivity index (χ1v) is 9.67. The van der Waals surface area contributed by atoms with Gasteiger partial charge in [0.1, 0.15) is 6.54 Å². The molecule has 6 heteroatoms. The van der Waals surface area contributed by atoms with E-state index in [1.165, 1.54) is 16.0 Å². The molecule has 0 bridgehead atoms. The fourth-order valence-corrected chi connectivity index (χ4v) is 3.74. The number of piperazine rings is 1. The maximum Gasteiger partial charge on any atom is 0.101 e. The molecule has 1 aliphatic rings. The molecule has 2 aromatic rings. The Bertz CT molecular complexity index is 716. The van der Waals surface area contributed by atoms with Crippen molar-refractivity contribution in [3.8, 4) is 0 Å². The van der Waals surface area contributed by atoms with Crippen molar-refractivity contribution in [2.45, 2.75) is 6.04 Å². The number of carboxylic acids is 1. The molecule has 27 heavy (non-hydrogen) atoms. The Kier molecular flexibility index (Phi) is 7.24. The third kappa shape index (κ3) is 5.78. The molecule has 0 saturated carbocycles. The summed E-state index contributed by atoms with van der Waals surface area (Å²) >= 11 is 6.08. The molecule has 0 amide bonds. The quantitative estimate of drug-likeness (QED) is 0.665. The highest BCUT2D eigenvalue weighted by Gasteiger charge is 2.28. The molecule has 0 radical (unpaired) electrons. The molecule has 0 aliphatic carbocycles. The predicted octanol–water partition coefficient (Wildman–Crippen LogP) is 0.396. The normalized spacial score (nSPS) is 16.9. The number of nitrogens with one attached hydrogen (secondary N) is 1. The highest BCUT2D eigenvalue weighted by atomic mass is 35.5. The predicted molar refractivity (Wildman–Crippen MR) is 103 cm³/mol. The van der Waals surface area contributed by atoms with Crippen LogP contribution in [0.3, 0.4) is 0 Å². The standard InChI is InChI=1S/C21H25ClN2O3/c22-19-8-6-18(7-9-19)21(17-4-2-1-3-5-17)24-12-10-23(11-13-24)14-15-27-16-20(25)26/h1-9,21H,10-16H2,(H,25,26)/t21-/m0/s1. The number of ether oxygens (including phenoxy) is 1. The summed E-state index contributed by atoms with van der Waals surface area (Å²) in [5.41, 5.74) is 2.52. The number of carboxylic acid groups (broad SMARTS) is 1. The highest BCUT2D eigenvalue weighted by molar-refractivity contribution is 6.30. The Balaban J connectivity index is 1.63. The molecule has 0 unspecified atom stereocenters. The summed E-state index contributed by atoms with van der Waals surface area (Å²) in [6.07, 6.45) is 0. The number of hydrogen-bond acceptors (Lipinski definition) is 4. The summed E-state index contributed by atoms with van der Waals surface area (Å²) in [6, 6.07) is 18.9. The summed E-state index contributed by atoms with van der Waals surface area (Å²) in [4.78, 5) is 14.3. The molecule has 1 N–H and O–H groups in total. The van der Waals surface area contributed by atoms with Crippen LogP contribution < -0.4 is 10.0 Å². The Morgan fingerprint density at radius 3 is 2.33 bits per heavy atom. The van der Waals surface area contributed by atoms with Gasteiger partial charge in [0.15, 0.2) is 0 Å². The van der Waals surface area contributed by atoms with Crippen molar-refractivity contribution in [1.29, 1.82) is 0 Å². The average Bonchev–Trinajstić information content (AvgIpc) is 2.69. The lowest BCUT2D eigenvalue weighted by molar-refractivity contribution is -0.905. The van der Waals surface area contributed by atoms with Gasteiger partial charge in [-0.2, -0.15) is 0 Å². The molecule has 1 aliphatic heterocycles. The molecule has 144 valence electrons. The van der Waals surface area contributed by atoms with Crippen molar-refractivity contribution in [1.82, 2.24) is 4.90 Å². The Morgan fingerprint density at radius 2 is 1.70 bits per heavy atom. The highest BCUT2D eigenvalue weighted by Crippen LogP contribution is 2.29. The first-order valence-electron chi connectivity index (χ1n) is 9.29. The van der Waals surface area contributed by atoms with Crippen LogP contribution in [0.5, 0.6) is 0 Å². The molecule has 1 atom stereocenters. The molecule has 5 nitrogen and oxygen atoms in total. The zero-order chi connectivity index (χ0) is 19.1. The summed E-state index contributed by atoms with van der Waals surface area (Å²) < 4.78 is 5.11. The Hall–Kier alpha value is -1.92. The minimum absolute atomic E-state index is 0.208. The summed E-state index contributed by atoms with van der Waals surface area (Å²) in [5, 5.41) is 11.1. The minimum Gasteiger partial charge on any atom is -0.548 e. The van der Waals surface area contributed by atoms with Crippen LogP contribution in [0, 0.1) is 0 Å². The van der Waals surface area contributed by atoms with E-state index in [0.717, 1.165) is 37.7 Å². The van der Waals surface area contributed by atoms with E-state index in [0.29, 0.717) is 6.61 Å². The van der Waals surface area contributed by atoms with Gasteiger partial charge in [0.2, 0.25) is 0 Å². The van der Waals surface area contributed by atoms with E-state index < -0.39 is 5.97 Å². The van der Waals surface area contributed by atoms with Crippen molar-refractivity contribution in [3.63, 3.8) is 0 Å². The van der Waals surface area contributed by atoms with Crippen molar-refractivity contribution in [2.75, 3.05) is 45.9 Å². The zero-order valence-electron chi connectivity index (χ0n) is 15.3. The summed E-state index contributed by atoms with van der Waals surface area (Å²) in [7, 11) is 0. The van der Waals surface area contributed by atoms with Crippen LogP contribution in [0.15, 0.2) is 54.6 Å². The lowest BCUT2D eigenvalue weighted by atomic mass is 9.96. The van der Waals surface area contributed by atoms with Crippen molar-refractivity contribution >= 4 is 17.6 Å². The lowest BCUT2D eigenvalue weighted by Crippen LogP contribution is -3.15. The fourth-order valence-electron chi connectivity index (χ4n) is 3.61. The van der Waals surface area contributed by atoms with E-state index in [1.807, 2.05) is 18.2 Å². The van der Waals surface area contributed by atoms with E-state index in [1.54, 1.807) is 0 Å². The second kappa shape index (κ2) is 9.85. The van der Waals surface area contributed by atoms with Gasteiger partial charge in [0, 0.05) is 18.1 Å². The SMILES string of the molecule is O=C([O-])COCC[NH+]1CCN([C@@H](c2ccccc2)c2ccc(Cl)cc2)CC1. The van der Waals surface area contributed by atoms with Crippen molar-refractivity contribution in [2.24, 2.45) is 0 Å². The summed E-state index contributed by atoms with van der Waals surface area (Å²) in [5.74, 6) is -1.16. The molecule has 0 aromatic heterocycles. The number of benzene rings is 2. The van der Waals surface area contributed by atoms with Crippen LogP contribution in [-0.4, -0.2) is 56.8 Å². The second-order valence-electron chi connectivity index (χ2n) is 6.83. The van der Waals surface area contributed by atoms with Crippen LogP contribution in [0.25, 0.3) is 0 Å². The van der Waals surface area contributed by atoms with E-state index in [4.69, 9.17) is 16.3 Å². The molecular formula is C21H25ClN2O3. The van der Waals surface area contributed by atoms with Crippen molar-refractivity contribution < 1.29 is 19.5 Å². The molecular weight excluding hydrogens is 364 g/mol. The van der Waals surface area contributed by atoms with Crippen LogP contribution >= 0.6 is 11.6 Å². The van der Waals surface area contributed by atoms with Crippen LogP contribution in [0.4, 0.5) is 0 Å². The monoisotopic (exact) mass is 388 g/mol. The maximum absolute atomic E-state index is 10.4. The van der Waals surface area contributed by atoms with Gasteiger partial charge >= 0.3 is 0 Å². The molecule has 2 aromatic carbocycles. The van der Waals surface area contributed by atoms with Gasteiger partial charge in [-0.3, -0.25) is 4.90 Å². The van der Waals surface area contributed by atoms with Gasteiger partial charge in [-0.15, -0.1) is 0 Å². The second-order valence-corrected chi connectivity index (χ2v) is 7.26. The third-order valence-electron chi connectivity index (χ3n) is 4.99. The largest absolute Gasteiger partial charge is 0.548 e. The number of carbonyl (C=O) groups excluding carboxylic acids is 1. The van der Waals surface area contributed by atoms with Gasteiger partial charge in [0.05, 0.1) is 38.3 Å². The molecule has 1 saturated heterocycles. The topological polar surface area (TPSA) is 57.0 Å². The first-order chi connectivity index (χ1) is 13.1. The number of quaternary nitrogens is 1. The van der Waals surface area contributed by atoms with E-state index in [-0.39, 0.29) is 12.6 Å². The number of rotatable bonds is 8. The van der Waals surface area contributed by atoms with E-state index in [9.17, 15) is 9.90 Å². The fraction of sp³-hybridized carbons (Fsp3) is 0.381. The van der Waals surface area contributed by atoms with Gasteiger partial charge in [-0.1, -0.05) is 54.1 Å². The Morgan fingerprint density at radius 1 is 1.07 bits per heavy atom. The lowest BCUT2D eigenvalue weighted by Gasteiger charge is -2.38. The third-order valence-corrected chi connectivity index (χ3v) is 5.24. The number of carbonyl (C=O) groups is 1. The average molecular weight is 389 g/mol. The molecule has 3 rings (SSSR count). The van der Waals surface area contributed by atoms with Crippen LogP contribution in [-0.2, 0) is 9.53 Å². The van der Waals surface area contributed by atoms with Crippen molar-refractivity contribution in [3.05, 3.63) is 70.7 Å². The van der Waals surface area contributed by atoms with Gasteiger partial charge < -0.3 is 19.5 Å². The first kappa shape index (κ1) is 19.8. The molecule has 0 spiro atoms. The number of aliphatic carboxylic acids is 1. The van der Waals surface area contributed by atoms with Gasteiger partial charge in [0.25, 0.3) is 0 Å². The van der Waals surface area contributed by atoms with Crippen LogP contribution in [0.1, 0.15) is 17.2 Å². The number of hydrogen-bond donors (Lipinski definition) is 1. The minimum atomic E-state index is -1.16. The number of nitrogens with zero attached hydrogens (tertiary/aromatic N) is 1. The van der Waals surface area contributed by atoms with E-state index in [2.05, 4.69) is 41.3 Å². The zero-order valence-corrected chi connectivity index (χ0v) is 16.0. The smallest absolute Gasteiger partial charge is 0.101 e. The van der Waals surface area contributed by atoms with Gasteiger partial charge in [-0.25, -0.2) is 0 Å². The molecule has 1 fully saturated rings.